The summed E-state index contributed by atoms with van der Waals surface area (Å²) in [5.41, 5.74) is 1.05. The van der Waals surface area contributed by atoms with Crippen molar-refractivity contribution in [1.29, 1.82) is 0 Å². The normalized spacial score (nSPS) is 22.8. The summed E-state index contributed by atoms with van der Waals surface area (Å²) in [7, 11) is 0. The van der Waals surface area contributed by atoms with Crippen LogP contribution in [0.3, 0.4) is 0 Å². The molecule has 0 bridgehead atoms. The molecule has 0 aliphatic heterocycles. The monoisotopic (exact) mass is 226 g/mol. The van der Waals surface area contributed by atoms with E-state index in [1.165, 1.54) is 0 Å². The first-order valence-electron chi connectivity index (χ1n) is 5.43. The zero-order valence-corrected chi connectivity index (χ0v) is 8.96. The van der Waals surface area contributed by atoms with Crippen LogP contribution in [0.1, 0.15) is 22.0 Å². The third-order valence-corrected chi connectivity index (χ3v) is 3.32. The van der Waals surface area contributed by atoms with E-state index in [0.717, 1.165) is 10.8 Å². The van der Waals surface area contributed by atoms with Gasteiger partial charge in [0.15, 0.2) is 5.78 Å². The number of Topliss-reactive ketones (excluding diaryl/α,β-unsaturated/α-hetero) is 1. The highest BCUT2D eigenvalue weighted by molar-refractivity contribution is 6.17. The predicted octanol–water partition coefficient (Wildman–Crippen LogP) is 1.88. The topological polar surface area (TPSA) is 54.4 Å². The van der Waals surface area contributed by atoms with Gasteiger partial charge in [0.25, 0.3) is 0 Å². The van der Waals surface area contributed by atoms with Crippen LogP contribution in [0.15, 0.2) is 36.4 Å². The van der Waals surface area contributed by atoms with E-state index >= 15 is 0 Å². The first-order valence-corrected chi connectivity index (χ1v) is 5.43. The van der Waals surface area contributed by atoms with Gasteiger partial charge in [0.1, 0.15) is 12.2 Å². The number of hydrogen-bond acceptors (Lipinski definition) is 3. The second-order valence-corrected chi connectivity index (χ2v) is 4.22. The molecule has 0 saturated heterocycles. The largest absolute Gasteiger partial charge is 0.387 e. The molecule has 1 aliphatic carbocycles. The van der Waals surface area contributed by atoms with Crippen LogP contribution in [0.4, 0.5) is 0 Å². The number of ketones is 1. The van der Waals surface area contributed by atoms with Gasteiger partial charge in [-0.05, 0) is 16.3 Å². The minimum absolute atomic E-state index is 0.278. The summed E-state index contributed by atoms with van der Waals surface area (Å²) < 4.78 is 0. The summed E-state index contributed by atoms with van der Waals surface area (Å²) >= 11 is 0. The molecule has 3 rings (SSSR count). The molecule has 0 aromatic heterocycles. The van der Waals surface area contributed by atoms with Crippen LogP contribution < -0.4 is 0 Å². The quantitative estimate of drug-likeness (QED) is 0.596. The summed E-state index contributed by atoms with van der Waals surface area (Å²) in [4.78, 5) is 22.9. The molecule has 3 heteroatoms. The molecule has 0 radical (unpaired) electrons. The number of fused-ring (bicyclic) bond motifs is 3. The SMILES string of the molecule is O=CC1C(=O)c2c(ccc3ccccc23)C1O. The van der Waals surface area contributed by atoms with Gasteiger partial charge in [0.05, 0.1) is 6.10 Å². The molecule has 1 N–H and O–H groups in total. The Morgan fingerprint density at radius 2 is 1.88 bits per heavy atom. The first kappa shape index (κ1) is 10.2. The van der Waals surface area contributed by atoms with E-state index in [1.54, 1.807) is 6.07 Å². The molecule has 1 aliphatic rings. The average molecular weight is 226 g/mol. The van der Waals surface area contributed by atoms with Crippen LogP contribution >= 0.6 is 0 Å². The van der Waals surface area contributed by atoms with Gasteiger partial charge in [-0.2, -0.15) is 0 Å². The lowest BCUT2D eigenvalue weighted by molar-refractivity contribution is -0.112. The van der Waals surface area contributed by atoms with Crippen LogP contribution in [-0.4, -0.2) is 17.2 Å². The molecule has 3 nitrogen and oxygen atoms in total. The van der Waals surface area contributed by atoms with E-state index in [4.69, 9.17) is 0 Å². The van der Waals surface area contributed by atoms with E-state index in [0.29, 0.717) is 17.4 Å². The maximum Gasteiger partial charge on any atom is 0.177 e. The van der Waals surface area contributed by atoms with Crippen LogP contribution in [-0.2, 0) is 4.79 Å². The Labute approximate surface area is 97.7 Å². The number of aliphatic hydroxyl groups is 1. The summed E-state index contributed by atoms with van der Waals surface area (Å²) in [5.74, 6) is -1.23. The summed E-state index contributed by atoms with van der Waals surface area (Å²) in [6.45, 7) is 0. The van der Waals surface area contributed by atoms with Crippen molar-refractivity contribution in [2.24, 2.45) is 5.92 Å². The standard InChI is InChI=1S/C14H10O3/c15-7-11-13(16)10-6-5-8-3-1-2-4-9(8)12(10)14(11)17/h1-7,11,13,16H. The second-order valence-electron chi connectivity index (χ2n) is 4.22. The third kappa shape index (κ3) is 1.26. The van der Waals surface area contributed by atoms with Crippen molar-refractivity contribution >= 4 is 22.8 Å². The number of carbonyl (C=O) groups is 2. The third-order valence-electron chi connectivity index (χ3n) is 3.32. The van der Waals surface area contributed by atoms with Gasteiger partial charge in [-0.1, -0.05) is 36.4 Å². The van der Waals surface area contributed by atoms with Crippen molar-refractivity contribution < 1.29 is 14.7 Å². The van der Waals surface area contributed by atoms with Gasteiger partial charge in [0.2, 0.25) is 0 Å². The number of rotatable bonds is 1. The molecule has 0 saturated carbocycles. The fourth-order valence-electron chi connectivity index (χ4n) is 2.45. The molecular weight excluding hydrogens is 216 g/mol. The molecule has 2 atom stereocenters. The lowest BCUT2D eigenvalue weighted by atomic mass is 10.0. The summed E-state index contributed by atoms with van der Waals surface area (Å²) in [6.07, 6.45) is -0.471. The Hall–Kier alpha value is -2.00. The smallest absolute Gasteiger partial charge is 0.177 e. The number of benzene rings is 2. The van der Waals surface area contributed by atoms with Crippen LogP contribution in [0, 0.1) is 5.92 Å². The molecule has 2 aromatic carbocycles. The maximum atomic E-state index is 12.1. The van der Waals surface area contributed by atoms with Crippen molar-refractivity contribution in [3.05, 3.63) is 47.5 Å². The van der Waals surface area contributed by atoms with Crippen LogP contribution in [0.2, 0.25) is 0 Å². The van der Waals surface area contributed by atoms with Crippen molar-refractivity contribution in [2.75, 3.05) is 0 Å². The van der Waals surface area contributed by atoms with Crippen LogP contribution in [0.25, 0.3) is 10.8 Å². The molecule has 84 valence electrons. The highest BCUT2D eigenvalue weighted by Crippen LogP contribution is 2.38. The van der Waals surface area contributed by atoms with Gasteiger partial charge in [-0.25, -0.2) is 0 Å². The predicted molar refractivity (Wildman–Crippen MR) is 62.8 cm³/mol. The fraction of sp³-hybridized carbons (Fsp3) is 0.143. The highest BCUT2D eigenvalue weighted by atomic mass is 16.3. The Balaban J connectivity index is 2.37. The average Bonchev–Trinajstić information content (AvgIpc) is 2.61. The van der Waals surface area contributed by atoms with E-state index in [-0.39, 0.29) is 5.78 Å². The van der Waals surface area contributed by atoms with Crippen molar-refractivity contribution in [2.45, 2.75) is 6.10 Å². The number of aldehydes is 1. The van der Waals surface area contributed by atoms with Gasteiger partial charge >= 0.3 is 0 Å². The zero-order chi connectivity index (χ0) is 12.0. The number of hydrogen-bond donors (Lipinski definition) is 1. The Kier molecular flexibility index (Phi) is 2.09. The van der Waals surface area contributed by atoms with E-state index in [1.807, 2.05) is 30.3 Å². The molecule has 2 aromatic rings. The molecule has 0 spiro atoms. The van der Waals surface area contributed by atoms with Crippen molar-refractivity contribution in [1.82, 2.24) is 0 Å². The van der Waals surface area contributed by atoms with E-state index in [9.17, 15) is 14.7 Å². The van der Waals surface area contributed by atoms with Crippen molar-refractivity contribution in [3.63, 3.8) is 0 Å². The van der Waals surface area contributed by atoms with Crippen LogP contribution in [0.5, 0.6) is 0 Å². The minimum atomic E-state index is -1.00. The highest BCUT2D eigenvalue weighted by Gasteiger charge is 2.39. The Bertz CT molecular complexity index is 630. The van der Waals surface area contributed by atoms with Gasteiger partial charge in [0, 0.05) is 5.56 Å². The first-order chi connectivity index (χ1) is 8.24. The fourth-order valence-corrected chi connectivity index (χ4v) is 2.45. The molecule has 17 heavy (non-hydrogen) atoms. The van der Waals surface area contributed by atoms with E-state index < -0.39 is 12.0 Å². The van der Waals surface area contributed by atoms with Gasteiger partial charge in [-0.15, -0.1) is 0 Å². The molecular formula is C14H10O3. The molecule has 2 unspecified atom stereocenters. The number of aliphatic hydroxyl groups excluding tert-OH is 1. The number of carbonyl (C=O) groups excluding carboxylic acids is 2. The lowest BCUT2D eigenvalue weighted by Gasteiger charge is -2.06. The maximum absolute atomic E-state index is 12.1. The summed E-state index contributed by atoms with van der Waals surface area (Å²) in [5, 5.41) is 11.7. The Morgan fingerprint density at radius 3 is 2.65 bits per heavy atom. The van der Waals surface area contributed by atoms with Gasteiger partial charge < -0.3 is 9.90 Å². The lowest BCUT2D eigenvalue weighted by Crippen LogP contribution is -2.14. The zero-order valence-electron chi connectivity index (χ0n) is 8.96. The second kappa shape index (κ2) is 3.50. The minimum Gasteiger partial charge on any atom is -0.387 e. The molecule has 0 fully saturated rings. The molecule has 0 heterocycles. The molecule has 0 amide bonds. The summed E-state index contributed by atoms with van der Waals surface area (Å²) in [6, 6.07) is 11.1. The Morgan fingerprint density at radius 1 is 1.12 bits per heavy atom. The van der Waals surface area contributed by atoms with Gasteiger partial charge in [-0.3, -0.25) is 4.79 Å². The van der Waals surface area contributed by atoms with Crippen molar-refractivity contribution in [3.8, 4) is 0 Å². The van der Waals surface area contributed by atoms with E-state index in [2.05, 4.69) is 0 Å².